The number of amides is 3. The van der Waals surface area contributed by atoms with E-state index in [1.54, 1.807) is 16.7 Å². The summed E-state index contributed by atoms with van der Waals surface area (Å²) in [5.74, 6) is 0.481. The third-order valence-corrected chi connectivity index (χ3v) is 5.86. The lowest BCUT2D eigenvalue weighted by Gasteiger charge is -2.34. The molecule has 0 radical (unpaired) electrons. The fraction of sp³-hybridized carbons (Fsp3) is 0.364. The predicted molar refractivity (Wildman–Crippen MR) is 118 cm³/mol. The number of piperazine rings is 1. The Hall–Kier alpha value is -2.58. The van der Waals surface area contributed by atoms with Crippen LogP contribution in [0.5, 0.6) is 0 Å². The van der Waals surface area contributed by atoms with Crippen LogP contribution in [0.1, 0.15) is 6.42 Å². The molecular formula is C22H27FN4O2S. The number of nitrogens with zero attached hydrogens (tertiary/aromatic N) is 2. The van der Waals surface area contributed by atoms with Gasteiger partial charge in [-0.2, -0.15) is 0 Å². The first kappa shape index (κ1) is 22.1. The van der Waals surface area contributed by atoms with Gasteiger partial charge in [-0.25, -0.2) is 9.18 Å². The van der Waals surface area contributed by atoms with Crippen LogP contribution < -0.4 is 10.6 Å². The highest BCUT2D eigenvalue weighted by molar-refractivity contribution is 7.99. The van der Waals surface area contributed by atoms with Crippen molar-refractivity contribution in [2.45, 2.75) is 11.3 Å². The van der Waals surface area contributed by atoms with Crippen LogP contribution in [0, 0.1) is 5.82 Å². The molecule has 0 atom stereocenters. The van der Waals surface area contributed by atoms with E-state index in [1.165, 1.54) is 29.2 Å². The lowest BCUT2D eigenvalue weighted by molar-refractivity contribution is -0.117. The van der Waals surface area contributed by atoms with Crippen LogP contribution in [0.3, 0.4) is 0 Å². The molecule has 1 fully saturated rings. The highest BCUT2D eigenvalue weighted by atomic mass is 32.2. The normalized spacial score (nSPS) is 14.4. The van der Waals surface area contributed by atoms with Gasteiger partial charge in [-0.05, 0) is 48.6 Å². The molecular weight excluding hydrogens is 403 g/mol. The van der Waals surface area contributed by atoms with E-state index in [9.17, 15) is 14.0 Å². The highest BCUT2D eigenvalue weighted by Gasteiger charge is 2.22. The second-order valence-corrected chi connectivity index (χ2v) is 8.23. The van der Waals surface area contributed by atoms with E-state index in [0.717, 1.165) is 12.2 Å². The molecule has 0 unspecified atom stereocenters. The molecule has 3 amide bonds. The van der Waals surface area contributed by atoms with Crippen LogP contribution in [0.2, 0.25) is 0 Å². The van der Waals surface area contributed by atoms with Gasteiger partial charge in [-0.3, -0.25) is 9.69 Å². The number of carbonyl (C=O) groups excluding carboxylic acids is 2. The van der Waals surface area contributed by atoms with Crippen LogP contribution in [0.15, 0.2) is 59.5 Å². The highest BCUT2D eigenvalue weighted by Crippen LogP contribution is 2.17. The van der Waals surface area contributed by atoms with E-state index in [1.807, 2.05) is 23.1 Å². The minimum atomic E-state index is -0.336. The Morgan fingerprint density at radius 1 is 0.967 bits per heavy atom. The molecule has 1 heterocycles. The number of benzene rings is 2. The number of anilines is 1. The van der Waals surface area contributed by atoms with Crippen molar-refractivity contribution in [3.05, 3.63) is 60.4 Å². The standard InChI is InChI=1S/C22H27FN4O2S/c23-18-7-9-19(10-8-18)25-21(28)17-26-12-14-27(15-13-26)22(29)24-11-4-16-30-20-5-2-1-3-6-20/h1-3,5-10H,4,11-17H2,(H,24,29)(H,25,28). The number of thioether (sulfide) groups is 1. The summed E-state index contributed by atoms with van der Waals surface area (Å²) in [6.45, 7) is 3.38. The Kier molecular flexibility index (Phi) is 8.53. The van der Waals surface area contributed by atoms with Crippen molar-refractivity contribution in [3.63, 3.8) is 0 Å². The SMILES string of the molecule is O=C(CN1CCN(C(=O)NCCCSc2ccccc2)CC1)Nc1ccc(F)cc1. The van der Waals surface area contributed by atoms with E-state index in [-0.39, 0.29) is 24.3 Å². The van der Waals surface area contributed by atoms with Crippen LogP contribution in [0.25, 0.3) is 0 Å². The van der Waals surface area contributed by atoms with Gasteiger partial charge in [0.1, 0.15) is 5.82 Å². The molecule has 1 saturated heterocycles. The molecule has 8 heteroatoms. The van der Waals surface area contributed by atoms with Crippen molar-refractivity contribution in [1.29, 1.82) is 0 Å². The summed E-state index contributed by atoms with van der Waals surface area (Å²) in [5, 5.41) is 5.74. The Bertz CT molecular complexity index is 812. The van der Waals surface area contributed by atoms with E-state index in [2.05, 4.69) is 22.8 Å². The first-order valence-corrected chi connectivity index (χ1v) is 11.1. The van der Waals surface area contributed by atoms with E-state index in [0.29, 0.717) is 38.4 Å². The van der Waals surface area contributed by atoms with Crippen LogP contribution in [-0.2, 0) is 4.79 Å². The lowest BCUT2D eigenvalue weighted by atomic mass is 10.3. The average Bonchev–Trinajstić information content (AvgIpc) is 2.76. The summed E-state index contributed by atoms with van der Waals surface area (Å²) in [6, 6.07) is 15.9. The van der Waals surface area contributed by atoms with Gasteiger partial charge in [-0.1, -0.05) is 18.2 Å². The Morgan fingerprint density at radius 3 is 2.37 bits per heavy atom. The number of rotatable bonds is 8. The van der Waals surface area contributed by atoms with Gasteiger partial charge in [0.25, 0.3) is 0 Å². The molecule has 0 bridgehead atoms. The van der Waals surface area contributed by atoms with Crippen molar-refractivity contribution in [1.82, 2.24) is 15.1 Å². The van der Waals surface area contributed by atoms with Crippen LogP contribution in [0.4, 0.5) is 14.9 Å². The van der Waals surface area contributed by atoms with Gasteiger partial charge in [0.2, 0.25) is 5.91 Å². The molecule has 0 spiro atoms. The van der Waals surface area contributed by atoms with Crippen molar-refractivity contribution in [3.8, 4) is 0 Å². The molecule has 0 aliphatic carbocycles. The first-order valence-electron chi connectivity index (χ1n) is 10.1. The monoisotopic (exact) mass is 430 g/mol. The van der Waals surface area contributed by atoms with Crippen LogP contribution >= 0.6 is 11.8 Å². The third-order valence-electron chi connectivity index (χ3n) is 4.76. The smallest absolute Gasteiger partial charge is 0.317 e. The number of halogens is 1. The predicted octanol–water partition coefficient (Wildman–Crippen LogP) is 3.27. The number of carbonyl (C=O) groups is 2. The largest absolute Gasteiger partial charge is 0.338 e. The molecule has 1 aliphatic rings. The van der Waals surface area contributed by atoms with Gasteiger partial charge in [0.15, 0.2) is 0 Å². The summed E-state index contributed by atoms with van der Waals surface area (Å²) >= 11 is 1.79. The zero-order valence-corrected chi connectivity index (χ0v) is 17.7. The molecule has 3 rings (SSSR count). The zero-order chi connectivity index (χ0) is 21.2. The zero-order valence-electron chi connectivity index (χ0n) is 16.9. The minimum absolute atomic E-state index is 0.0462. The number of urea groups is 1. The molecule has 30 heavy (non-hydrogen) atoms. The fourth-order valence-corrected chi connectivity index (χ4v) is 4.01. The summed E-state index contributed by atoms with van der Waals surface area (Å²) in [4.78, 5) is 29.5. The molecule has 2 N–H and O–H groups in total. The number of nitrogens with one attached hydrogen (secondary N) is 2. The minimum Gasteiger partial charge on any atom is -0.338 e. The maximum absolute atomic E-state index is 12.9. The molecule has 0 saturated carbocycles. The van der Waals surface area contributed by atoms with Gasteiger partial charge >= 0.3 is 6.03 Å². The lowest BCUT2D eigenvalue weighted by Crippen LogP contribution is -2.53. The van der Waals surface area contributed by atoms with E-state index >= 15 is 0 Å². The maximum atomic E-state index is 12.9. The van der Waals surface area contributed by atoms with Crippen molar-refractivity contribution >= 4 is 29.4 Å². The topological polar surface area (TPSA) is 64.7 Å². The molecule has 2 aromatic carbocycles. The summed E-state index contributed by atoms with van der Waals surface area (Å²) < 4.78 is 12.9. The summed E-state index contributed by atoms with van der Waals surface area (Å²) in [5.41, 5.74) is 0.574. The average molecular weight is 431 g/mol. The van der Waals surface area contributed by atoms with E-state index in [4.69, 9.17) is 0 Å². The molecule has 1 aliphatic heterocycles. The Labute approximate surface area is 180 Å². The van der Waals surface area contributed by atoms with Gasteiger partial charge < -0.3 is 15.5 Å². The Balaban J connectivity index is 1.28. The molecule has 6 nitrogen and oxygen atoms in total. The van der Waals surface area contributed by atoms with Gasteiger partial charge in [0, 0.05) is 43.3 Å². The third kappa shape index (κ3) is 7.35. The first-order chi connectivity index (χ1) is 14.6. The second kappa shape index (κ2) is 11.6. The number of hydrogen-bond donors (Lipinski definition) is 2. The van der Waals surface area contributed by atoms with Crippen molar-refractivity contribution in [2.24, 2.45) is 0 Å². The molecule has 2 aromatic rings. The van der Waals surface area contributed by atoms with Crippen LogP contribution in [-0.4, -0.2) is 66.8 Å². The number of hydrogen-bond acceptors (Lipinski definition) is 4. The maximum Gasteiger partial charge on any atom is 0.317 e. The van der Waals surface area contributed by atoms with Crippen molar-refractivity contribution in [2.75, 3.05) is 50.3 Å². The second-order valence-electron chi connectivity index (χ2n) is 7.07. The molecule has 0 aromatic heterocycles. The summed E-state index contributed by atoms with van der Waals surface area (Å²) in [7, 11) is 0. The quantitative estimate of drug-likeness (QED) is 0.498. The van der Waals surface area contributed by atoms with Gasteiger partial charge in [-0.15, -0.1) is 11.8 Å². The summed E-state index contributed by atoms with van der Waals surface area (Å²) in [6.07, 6.45) is 0.912. The molecule has 160 valence electrons. The van der Waals surface area contributed by atoms with Gasteiger partial charge in [0.05, 0.1) is 6.54 Å². The van der Waals surface area contributed by atoms with Crippen molar-refractivity contribution < 1.29 is 14.0 Å². The van der Waals surface area contributed by atoms with E-state index < -0.39 is 0 Å². The Morgan fingerprint density at radius 2 is 1.67 bits per heavy atom. The fourth-order valence-electron chi connectivity index (χ4n) is 3.13.